The fraction of sp³-hybridized carbons (Fsp3) is 0.375. The van der Waals surface area contributed by atoms with Crippen LogP contribution in [0.3, 0.4) is 0 Å². The lowest BCUT2D eigenvalue weighted by Crippen LogP contribution is -2.11. The molecular formula is C8H10ClN3O2. The number of nitrogens with zero attached hydrogens (tertiary/aromatic N) is 2. The van der Waals surface area contributed by atoms with Gasteiger partial charge in [-0.1, -0.05) is 11.6 Å². The van der Waals surface area contributed by atoms with Crippen LogP contribution < -0.4 is 5.73 Å². The molecule has 0 aromatic carbocycles. The van der Waals surface area contributed by atoms with E-state index in [0.717, 1.165) is 0 Å². The molecule has 0 spiro atoms. The van der Waals surface area contributed by atoms with E-state index in [1.54, 1.807) is 6.92 Å². The SMILES string of the molecule is CCOC(=O)Cc1c(N)ncnc1Cl. The van der Waals surface area contributed by atoms with Crippen LogP contribution >= 0.6 is 11.6 Å². The van der Waals surface area contributed by atoms with Crippen LogP contribution in [0.2, 0.25) is 5.15 Å². The van der Waals surface area contributed by atoms with Crippen LogP contribution in [0, 0.1) is 0 Å². The molecule has 0 aliphatic carbocycles. The molecule has 0 aliphatic rings. The van der Waals surface area contributed by atoms with Gasteiger partial charge in [0.1, 0.15) is 17.3 Å². The average molecular weight is 216 g/mol. The smallest absolute Gasteiger partial charge is 0.310 e. The molecule has 0 bridgehead atoms. The van der Waals surface area contributed by atoms with Gasteiger partial charge in [0.15, 0.2) is 0 Å². The fourth-order valence-corrected chi connectivity index (χ4v) is 1.13. The summed E-state index contributed by atoms with van der Waals surface area (Å²) >= 11 is 5.73. The van der Waals surface area contributed by atoms with E-state index in [4.69, 9.17) is 22.1 Å². The zero-order chi connectivity index (χ0) is 10.6. The van der Waals surface area contributed by atoms with Crippen molar-refractivity contribution in [3.63, 3.8) is 0 Å². The molecule has 14 heavy (non-hydrogen) atoms. The highest BCUT2D eigenvalue weighted by Gasteiger charge is 2.12. The molecule has 1 aromatic heterocycles. The third-order valence-corrected chi connectivity index (χ3v) is 1.88. The van der Waals surface area contributed by atoms with Crippen molar-refractivity contribution in [1.82, 2.24) is 9.97 Å². The van der Waals surface area contributed by atoms with Crippen LogP contribution in [0.4, 0.5) is 5.82 Å². The lowest BCUT2D eigenvalue weighted by Gasteiger charge is -2.05. The van der Waals surface area contributed by atoms with Crippen LogP contribution in [0.1, 0.15) is 12.5 Å². The van der Waals surface area contributed by atoms with E-state index < -0.39 is 5.97 Å². The zero-order valence-electron chi connectivity index (χ0n) is 7.66. The van der Waals surface area contributed by atoms with Crippen molar-refractivity contribution < 1.29 is 9.53 Å². The van der Waals surface area contributed by atoms with Gasteiger partial charge in [0.05, 0.1) is 13.0 Å². The molecule has 5 nitrogen and oxygen atoms in total. The molecule has 0 atom stereocenters. The summed E-state index contributed by atoms with van der Waals surface area (Å²) in [6.45, 7) is 2.05. The summed E-state index contributed by atoms with van der Waals surface area (Å²) in [5.74, 6) is -0.186. The second-order valence-corrected chi connectivity index (χ2v) is 2.87. The summed E-state index contributed by atoms with van der Waals surface area (Å²) < 4.78 is 4.75. The van der Waals surface area contributed by atoms with Crippen molar-refractivity contribution in [3.05, 3.63) is 17.0 Å². The number of hydrogen-bond donors (Lipinski definition) is 1. The lowest BCUT2D eigenvalue weighted by atomic mass is 10.2. The monoisotopic (exact) mass is 215 g/mol. The highest BCUT2D eigenvalue weighted by molar-refractivity contribution is 6.30. The maximum atomic E-state index is 11.1. The van der Waals surface area contributed by atoms with Crippen LogP contribution in [0.5, 0.6) is 0 Å². The van der Waals surface area contributed by atoms with Crippen molar-refractivity contribution in [2.75, 3.05) is 12.3 Å². The van der Waals surface area contributed by atoms with Crippen LogP contribution in [-0.4, -0.2) is 22.5 Å². The molecule has 0 amide bonds. The van der Waals surface area contributed by atoms with Crippen molar-refractivity contribution in [1.29, 1.82) is 0 Å². The van der Waals surface area contributed by atoms with Gasteiger partial charge in [0.2, 0.25) is 0 Å². The van der Waals surface area contributed by atoms with Crippen molar-refractivity contribution in [2.24, 2.45) is 0 Å². The molecule has 6 heteroatoms. The topological polar surface area (TPSA) is 78.1 Å². The lowest BCUT2D eigenvalue weighted by molar-refractivity contribution is -0.142. The maximum absolute atomic E-state index is 11.1. The molecule has 0 unspecified atom stereocenters. The van der Waals surface area contributed by atoms with E-state index >= 15 is 0 Å². The Balaban J connectivity index is 2.80. The number of ether oxygens (including phenoxy) is 1. The van der Waals surface area contributed by atoms with E-state index in [0.29, 0.717) is 12.2 Å². The number of nitrogen functional groups attached to an aromatic ring is 1. The number of nitrogens with two attached hydrogens (primary N) is 1. The molecule has 0 fully saturated rings. The summed E-state index contributed by atoms with van der Waals surface area (Å²) in [4.78, 5) is 18.6. The predicted molar refractivity (Wildman–Crippen MR) is 51.8 cm³/mol. The second kappa shape index (κ2) is 4.76. The van der Waals surface area contributed by atoms with E-state index in [1.807, 2.05) is 0 Å². The van der Waals surface area contributed by atoms with Crippen molar-refractivity contribution >= 4 is 23.4 Å². The number of carbonyl (C=O) groups excluding carboxylic acids is 1. The van der Waals surface area contributed by atoms with Gasteiger partial charge >= 0.3 is 5.97 Å². The number of anilines is 1. The normalized spacial score (nSPS) is 9.86. The molecule has 2 N–H and O–H groups in total. The number of halogens is 1. The first-order chi connectivity index (χ1) is 6.65. The van der Waals surface area contributed by atoms with Crippen LogP contribution in [0.25, 0.3) is 0 Å². The van der Waals surface area contributed by atoms with Crippen molar-refractivity contribution in [2.45, 2.75) is 13.3 Å². The molecule has 0 radical (unpaired) electrons. The summed E-state index contributed by atoms with van der Waals surface area (Å²) in [7, 11) is 0. The zero-order valence-corrected chi connectivity index (χ0v) is 8.41. The third kappa shape index (κ3) is 2.56. The Hall–Kier alpha value is -1.36. The van der Waals surface area contributed by atoms with Gasteiger partial charge in [0.25, 0.3) is 0 Å². The van der Waals surface area contributed by atoms with E-state index in [1.165, 1.54) is 6.33 Å². The highest BCUT2D eigenvalue weighted by Crippen LogP contribution is 2.17. The van der Waals surface area contributed by atoms with E-state index in [2.05, 4.69) is 9.97 Å². The first-order valence-electron chi connectivity index (χ1n) is 4.05. The van der Waals surface area contributed by atoms with Gasteiger partial charge in [-0.15, -0.1) is 0 Å². The highest BCUT2D eigenvalue weighted by atomic mass is 35.5. The molecule has 1 aromatic rings. The Morgan fingerprint density at radius 1 is 1.64 bits per heavy atom. The summed E-state index contributed by atoms with van der Waals surface area (Å²) in [6.07, 6.45) is 1.24. The molecule has 0 aliphatic heterocycles. The summed E-state index contributed by atoms with van der Waals surface area (Å²) in [5, 5.41) is 0.186. The fourth-order valence-electron chi connectivity index (χ4n) is 0.923. The molecule has 0 saturated carbocycles. The molecule has 0 saturated heterocycles. The van der Waals surface area contributed by atoms with E-state index in [-0.39, 0.29) is 17.4 Å². The van der Waals surface area contributed by atoms with Crippen molar-refractivity contribution in [3.8, 4) is 0 Å². The van der Waals surface area contributed by atoms with Gasteiger partial charge in [-0.25, -0.2) is 9.97 Å². The second-order valence-electron chi connectivity index (χ2n) is 2.51. The van der Waals surface area contributed by atoms with Gasteiger partial charge < -0.3 is 10.5 Å². The third-order valence-electron chi connectivity index (χ3n) is 1.55. The largest absolute Gasteiger partial charge is 0.466 e. The molecular weight excluding hydrogens is 206 g/mol. The first-order valence-corrected chi connectivity index (χ1v) is 4.43. The predicted octanol–water partition coefficient (Wildman–Crippen LogP) is 0.818. The average Bonchev–Trinajstić information content (AvgIpc) is 2.12. The number of rotatable bonds is 3. The quantitative estimate of drug-likeness (QED) is 0.597. The number of carbonyl (C=O) groups is 1. The maximum Gasteiger partial charge on any atom is 0.310 e. The Bertz CT molecular complexity index is 323. The minimum absolute atomic E-state index is 0.000648. The Labute approximate surface area is 86.2 Å². The minimum atomic E-state index is -0.393. The standard InChI is InChI=1S/C8H10ClN3O2/c1-2-14-6(13)3-5-7(9)11-4-12-8(5)10/h4H,2-3H2,1H3,(H2,10,11,12). The molecule has 1 rings (SSSR count). The Morgan fingerprint density at radius 3 is 2.93 bits per heavy atom. The molecule has 76 valence electrons. The van der Waals surface area contributed by atoms with E-state index in [9.17, 15) is 4.79 Å². The molecule has 1 heterocycles. The Morgan fingerprint density at radius 2 is 2.36 bits per heavy atom. The number of hydrogen-bond acceptors (Lipinski definition) is 5. The Kier molecular flexibility index (Phi) is 3.64. The minimum Gasteiger partial charge on any atom is -0.466 e. The number of aromatic nitrogens is 2. The van der Waals surface area contributed by atoms with Gasteiger partial charge in [0, 0.05) is 5.56 Å². The first kappa shape index (κ1) is 10.7. The summed E-state index contributed by atoms with van der Waals surface area (Å²) in [5.41, 5.74) is 5.93. The van der Waals surface area contributed by atoms with Crippen LogP contribution in [-0.2, 0) is 16.0 Å². The van der Waals surface area contributed by atoms with Crippen LogP contribution in [0.15, 0.2) is 6.33 Å². The van der Waals surface area contributed by atoms with Gasteiger partial charge in [-0.05, 0) is 6.92 Å². The number of esters is 1. The van der Waals surface area contributed by atoms with Gasteiger partial charge in [-0.3, -0.25) is 4.79 Å². The summed E-state index contributed by atoms with van der Waals surface area (Å²) in [6, 6.07) is 0. The van der Waals surface area contributed by atoms with Gasteiger partial charge in [-0.2, -0.15) is 0 Å².